The van der Waals surface area contributed by atoms with Gasteiger partial charge in [0, 0.05) is 18.8 Å². The Morgan fingerprint density at radius 3 is 3.06 bits per heavy atom. The molecule has 0 aliphatic heterocycles. The van der Waals surface area contributed by atoms with Crippen LogP contribution in [0.15, 0.2) is 29.6 Å². The molecule has 1 atom stereocenters. The minimum absolute atomic E-state index is 0.000512. The second-order valence-corrected chi connectivity index (χ2v) is 4.29. The summed E-state index contributed by atoms with van der Waals surface area (Å²) in [5.41, 5.74) is 2.08. The summed E-state index contributed by atoms with van der Waals surface area (Å²) in [5.74, 6) is -0.170. The van der Waals surface area contributed by atoms with Gasteiger partial charge in [-0.05, 0) is 37.0 Å². The van der Waals surface area contributed by atoms with Crippen LogP contribution in [0.1, 0.15) is 30.1 Å². The number of hydrogen-bond acceptors (Lipinski definition) is 2. The molecule has 90 valence electrons. The van der Waals surface area contributed by atoms with E-state index in [2.05, 4.69) is 11.9 Å². The quantitative estimate of drug-likeness (QED) is 0.775. The van der Waals surface area contributed by atoms with E-state index in [1.165, 1.54) is 6.08 Å². The summed E-state index contributed by atoms with van der Waals surface area (Å²) in [5, 5.41) is 2.90. The van der Waals surface area contributed by atoms with E-state index in [9.17, 15) is 9.59 Å². The lowest BCUT2D eigenvalue weighted by Crippen LogP contribution is -2.33. The lowest BCUT2D eigenvalue weighted by molar-refractivity contribution is -0.117. The Hall–Kier alpha value is -1.84. The number of amides is 1. The molecular weight excluding hydrogens is 216 g/mol. The Bertz CT molecular complexity index is 517. The third-order valence-electron chi connectivity index (χ3n) is 3.26. The van der Waals surface area contributed by atoms with Crippen molar-refractivity contribution in [3.63, 3.8) is 0 Å². The minimum Gasteiger partial charge on any atom is -0.346 e. The van der Waals surface area contributed by atoms with Crippen LogP contribution in [0.25, 0.3) is 0 Å². The number of nitrogens with zero attached hydrogens (tertiary/aromatic N) is 1. The molecule has 1 aliphatic rings. The zero-order chi connectivity index (χ0) is 12.4. The number of hydrogen-bond donors (Lipinski definition) is 1. The number of rotatable bonds is 2. The highest BCUT2D eigenvalue weighted by molar-refractivity contribution is 5.87. The molecule has 0 bridgehead atoms. The highest BCUT2D eigenvalue weighted by atomic mass is 16.1. The summed E-state index contributed by atoms with van der Waals surface area (Å²) in [6, 6.07) is 3.37. The molecule has 0 saturated heterocycles. The summed E-state index contributed by atoms with van der Waals surface area (Å²) in [4.78, 5) is 22.9. The largest absolute Gasteiger partial charge is 0.346 e. The van der Waals surface area contributed by atoms with Crippen molar-refractivity contribution in [2.24, 2.45) is 7.05 Å². The highest BCUT2D eigenvalue weighted by Crippen LogP contribution is 2.28. The number of aromatic nitrogens is 1. The monoisotopic (exact) mass is 232 g/mol. The van der Waals surface area contributed by atoms with Crippen molar-refractivity contribution in [2.45, 2.75) is 25.3 Å². The lowest BCUT2D eigenvalue weighted by Gasteiger charge is -2.27. The number of carbonyl (C=O) groups excluding carboxylic acids is 1. The van der Waals surface area contributed by atoms with Gasteiger partial charge in [-0.1, -0.05) is 6.58 Å². The van der Waals surface area contributed by atoms with Gasteiger partial charge in [0.05, 0.1) is 6.04 Å². The van der Waals surface area contributed by atoms with E-state index in [-0.39, 0.29) is 17.5 Å². The summed E-state index contributed by atoms with van der Waals surface area (Å²) < 4.78 is 1.67. The third-order valence-corrected chi connectivity index (χ3v) is 3.26. The zero-order valence-electron chi connectivity index (χ0n) is 9.90. The fourth-order valence-corrected chi connectivity index (χ4v) is 2.33. The minimum atomic E-state index is -0.170. The van der Waals surface area contributed by atoms with Crippen LogP contribution in [0.2, 0.25) is 0 Å². The normalized spacial score (nSPS) is 18.3. The average Bonchev–Trinajstić information content (AvgIpc) is 2.34. The van der Waals surface area contributed by atoms with Gasteiger partial charge in [0.1, 0.15) is 0 Å². The van der Waals surface area contributed by atoms with Crippen molar-refractivity contribution in [3.05, 3.63) is 46.4 Å². The van der Waals surface area contributed by atoms with Crippen LogP contribution in [0.4, 0.5) is 0 Å². The van der Waals surface area contributed by atoms with Gasteiger partial charge in [0.2, 0.25) is 11.5 Å². The molecule has 1 N–H and O–H groups in total. The molecule has 0 spiro atoms. The Morgan fingerprint density at radius 2 is 2.35 bits per heavy atom. The van der Waals surface area contributed by atoms with E-state index in [4.69, 9.17) is 0 Å². The van der Waals surface area contributed by atoms with Crippen molar-refractivity contribution in [1.82, 2.24) is 9.88 Å². The van der Waals surface area contributed by atoms with Gasteiger partial charge in [-0.2, -0.15) is 0 Å². The molecule has 0 aromatic carbocycles. The maximum absolute atomic E-state index is 11.5. The Kier molecular flexibility index (Phi) is 3.13. The third kappa shape index (κ3) is 2.16. The van der Waals surface area contributed by atoms with E-state index in [1.807, 2.05) is 6.07 Å². The van der Waals surface area contributed by atoms with E-state index >= 15 is 0 Å². The topological polar surface area (TPSA) is 51.1 Å². The summed E-state index contributed by atoms with van der Waals surface area (Å²) in [6.07, 6.45) is 4.05. The van der Waals surface area contributed by atoms with Crippen LogP contribution in [0.3, 0.4) is 0 Å². The van der Waals surface area contributed by atoms with Gasteiger partial charge >= 0.3 is 0 Å². The summed E-state index contributed by atoms with van der Waals surface area (Å²) in [7, 11) is 1.78. The Balaban J connectivity index is 2.38. The van der Waals surface area contributed by atoms with Gasteiger partial charge in [0.15, 0.2) is 0 Å². The van der Waals surface area contributed by atoms with E-state index < -0.39 is 0 Å². The molecule has 1 aliphatic carbocycles. The van der Waals surface area contributed by atoms with Gasteiger partial charge in [-0.25, -0.2) is 0 Å². The van der Waals surface area contributed by atoms with Crippen molar-refractivity contribution < 1.29 is 4.79 Å². The molecule has 0 fully saturated rings. The van der Waals surface area contributed by atoms with Gasteiger partial charge in [-0.15, -0.1) is 0 Å². The summed E-state index contributed by atoms with van der Waals surface area (Å²) in [6.45, 7) is 3.45. The zero-order valence-corrected chi connectivity index (χ0v) is 9.90. The fourth-order valence-electron chi connectivity index (χ4n) is 2.33. The van der Waals surface area contributed by atoms with Crippen LogP contribution in [-0.2, 0) is 18.3 Å². The van der Waals surface area contributed by atoms with Crippen molar-refractivity contribution in [1.29, 1.82) is 0 Å². The maximum Gasteiger partial charge on any atom is 0.250 e. The molecule has 1 unspecified atom stereocenters. The van der Waals surface area contributed by atoms with Crippen LogP contribution in [0.5, 0.6) is 0 Å². The molecule has 1 amide bonds. The predicted molar refractivity (Wildman–Crippen MR) is 65.7 cm³/mol. The van der Waals surface area contributed by atoms with Gasteiger partial charge in [0.25, 0.3) is 0 Å². The van der Waals surface area contributed by atoms with Crippen molar-refractivity contribution >= 4 is 5.91 Å². The molecule has 4 nitrogen and oxygen atoms in total. The van der Waals surface area contributed by atoms with E-state index in [1.54, 1.807) is 17.7 Å². The molecule has 1 aromatic heterocycles. The van der Waals surface area contributed by atoms with Crippen LogP contribution in [0, 0.1) is 0 Å². The number of pyridine rings is 1. The first-order valence-electron chi connectivity index (χ1n) is 5.75. The first-order chi connectivity index (χ1) is 8.13. The highest BCUT2D eigenvalue weighted by Gasteiger charge is 2.22. The fraction of sp³-hybridized carbons (Fsp3) is 0.385. The Labute approximate surface area is 100.0 Å². The van der Waals surface area contributed by atoms with Crippen molar-refractivity contribution in [2.75, 3.05) is 0 Å². The molecule has 17 heavy (non-hydrogen) atoms. The second kappa shape index (κ2) is 4.57. The molecule has 1 aromatic rings. The summed E-state index contributed by atoms with van der Waals surface area (Å²) >= 11 is 0. The van der Waals surface area contributed by atoms with E-state index in [0.717, 1.165) is 30.5 Å². The smallest absolute Gasteiger partial charge is 0.250 e. The second-order valence-electron chi connectivity index (χ2n) is 4.29. The number of fused-ring (bicyclic) bond motifs is 1. The van der Waals surface area contributed by atoms with Crippen LogP contribution in [-0.4, -0.2) is 10.5 Å². The molecule has 0 saturated carbocycles. The maximum atomic E-state index is 11.5. The molecule has 0 radical (unpaired) electrons. The number of carbonyl (C=O) groups is 1. The molecule has 2 rings (SSSR count). The van der Waals surface area contributed by atoms with Crippen molar-refractivity contribution in [3.8, 4) is 0 Å². The molecule has 4 heteroatoms. The lowest BCUT2D eigenvalue weighted by atomic mass is 9.91. The first-order valence-corrected chi connectivity index (χ1v) is 5.75. The molecule has 1 heterocycles. The average molecular weight is 232 g/mol. The van der Waals surface area contributed by atoms with E-state index in [0.29, 0.717) is 0 Å². The number of nitrogens with one attached hydrogen (secondary N) is 1. The standard InChI is InChI=1S/C13H16N2O2/c1-3-12(16)14-10-5-4-6-11-9(10)7-8-13(17)15(11)2/h3,7-8,10H,1,4-6H2,2H3,(H,14,16). The van der Waals surface area contributed by atoms with Crippen LogP contribution >= 0.6 is 0 Å². The Morgan fingerprint density at radius 1 is 1.59 bits per heavy atom. The van der Waals surface area contributed by atoms with Gasteiger partial charge < -0.3 is 9.88 Å². The predicted octanol–water partition coefficient (Wildman–Crippen LogP) is 1.06. The SMILES string of the molecule is C=CC(=O)NC1CCCc2c1ccc(=O)n2C. The first kappa shape index (κ1) is 11.6. The molecular formula is C13H16N2O2. The van der Waals surface area contributed by atoms with Gasteiger partial charge in [-0.3, -0.25) is 9.59 Å². The van der Waals surface area contributed by atoms with Crippen LogP contribution < -0.4 is 10.9 Å².